The molecule has 0 aliphatic rings. The second kappa shape index (κ2) is 3.06. The van der Waals surface area contributed by atoms with Crippen LogP contribution in [0.2, 0.25) is 0 Å². The summed E-state index contributed by atoms with van der Waals surface area (Å²) in [6.07, 6.45) is 6.17. The molecule has 2 aromatic rings. The SMILES string of the molecule is O=CCCc1cn2ccsc2n1. The van der Waals surface area contributed by atoms with E-state index >= 15 is 0 Å². The Kier molecular flexibility index (Phi) is 1.91. The summed E-state index contributed by atoms with van der Waals surface area (Å²) in [6.45, 7) is 0. The molecule has 2 heterocycles. The van der Waals surface area contributed by atoms with E-state index in [9.17, 15) is 4.79 Å². The first kappa shape index (κ1) is 7.49. The van der Waals surface area contributed by atoms with Crippen LogP contribution in [-0.2, 0) is 11.2 Å². The van der Waals surface area contributed by atoms with E-state index in [1.54, 1.807) is 11.3 Å². The molecular weight excluding hydrogens is 172 g/mol. The van der Waals surface area contributed by atoms with Crippen LogP contribution in [0.25, 0.3) is 4.96 Å². The Bertz CT molecular complexity index is 362. The number of imidazole rings is 1. The molecular formula is C8H8N2OS. The molecule has 0 N–H and O–H groups in total. The van der Waals surface area contributed by atoms with E-state index in [1.165, 1.54) is 0 Å². The maximum absolute atomic E-state index is 10.1. The lowest BCUT2D eigenvalue weighted by atomic mass is 10.3. The Labute approximate surface area is 73.7 Å². The molecule has 0 bridgehead atoms. The normalized spacial score (nSPS) is 10.7. The Morgan fingerprint density at radius 1 is 1.67 bits per heavy atom. The molecule has 0 saturated carbocycles. The number of hydrogen-bond acceptors (Lipinski definition) is 3. The third-order valence-electron chi connectivity index (χ3n) is 1.66. The molecule has 4 heteroatoms. The molecule has 12 heavy (non-hydrogen) atoms. The predicted molar refractivity (Wildman–Crippen MR) is 47.5 cm³/mol. The standard InChI is InChI=1S/C8H8N2OS/c11-4-1-2-7-6-10-3-5-12-8(10)9-7/h3-6H,1-2H2. The number of fused-ring (bicyclic) bond motifs is 1. The van der Waals surface area contributed by atoms with Crippen molar-refractivity contribution in [2.75, 3.05) is 0 Å². The van der Waals surface area contributed by atoms with Gasteiger partial charge in [-0.3, -0.25) is 4.40 Å². The quantitative estimate of drug-likeness (QED) is 0.671. The summed E-state index contributed by atoms with van der Waals surface area (Å²) in [5, 5.41) is 1.99. The summed E-state index contributed by atoms with van der Waals surface area (Å²) < 4.78 is 1.98. The molecule has 0 atom stereocenters. The molecule has 3 nitrogen and oxygen atoms in total. The molecule has 0 spiro atoms. The summed E-state index contributed by atoms with van der Waals surface area (Å²) in [5.74, 6) is 0. The second-order valence-corrected chi connectivity index (χ2v) is 3.40. The van der Waals surface area contributed by atoms with Crippen LogP contribution in [0.5, 0.6) is 0 Å². The number of rotatable bonds is 3. The number of carbonyl (C=O) groups excluding carboxylic acids is 1. The van der Waals surface area contributed by atoms with Crippen molar-refractivity contribution >= 4 is 22.6 Å². The molecule has 2 rings (SSSR count). The first-order chi connectivity index (χ1) is 5.90. The van der Waals surface area contributed by atoms with Crippen LogP contribution in [0.15, 0.2) is 17.8 Å². The number of aryl methyl sites for hydroxylation is 1. The minimum Gasteiger partial charge on any atom is -0.303 e. The van der Waals surface area contributed by atoms with Gasteiger partial charge in [-0.25, -0.2) is 4.98 Å². The maximum Gasteiger partial charge on any atom is 0.193 e. The highest BCUT2D eigenvalue weighted by atomic mass is 32.1. The zero-order valence-corrected chi connectivity index (χ0v) is 7.25. The van der Waals surface area contributed by atoms with E-state index in [4.69, 9.17) is 0 Å². The lowest BCUT2D eigenvalue weighted by Crippen LogP contribution is -1.84. The van der Waals surface area contributed by atoms with Gasteiger partial charge in [0.2, 0.25) is 0 Å². The monoisotopic (exact) mass is 180 g/mol. The highest BCUT2D eigenvalue weighted by Crippen LogP contribution is 2.11. The van der Waals surface area contributed by atoms with Crippen LogP contribution in [0.4, 0.5) is 0 Å². The number of thiazole rings is 1. The predicted octanol–water partition coefficient (Wildman–Crippen LogP) is 1.53. The Balaban J connectivity index is 2.26. The molecule has 0 aliphatic carbocycles. The number of aromatic nitrogens is 2. The first-order valence-corrected chi connectivity index (χ1v) is 4.63. The van der Waals surface area contributed by atoms with Gasteiger partial charge in [0.15, 0.2) is 4.96 Å². The third kappa shape index (κ3) is 1.25. The van der Waals surface area contributed by atoms with Crippen LogP contribution >= 0.6 is 11.3 Å². The molecule has 0 saturated heterocycles. The van der Waals surface area contributed by atoms with Crippen molar-refractivity contribution in [2.45, 2.75) is 12.8 Å². The molecule has 2 aromatic heterocycles. The summed E-state index contributed by atoms with van der Waals surface area (Å²) in [4.78, 5) is 15.4. The van der Waals surface area contributed by atoms with Crippen LogP contribution in [0, 0.1) is 0 Å². The number of aldehydes is 1. The largest absolute Gasteiger partial charge is 0.303 e. The van der Waals surface area contributed by atoms with Crippen molar-refractivity contribution in [3.63, 3.8) is 0 Å². The van der Waals surface area contributed by atoms with Crippen molar-refractivity contribution in [3.05, 3.63) is 23.5 Å². The van der Waals surface area contributed by atoms with Gasteiger partial charge in [-0.05, 0) is 6.42 Å². The fraction of sp³-hybridized carbons (Fsp3) is 0.250. The minimum atomic E-state index is 0.560. The van der Waals surface area contributed by atoms with Gasteiger partial charge in [-0.2, -0.15) is 0 Å². The van der Waals surface area contributed by atoms with Gasteiger partial charge < -0.3 is 4.79 Å². The Morgan fingerprint density at radius 2 is 2.58 bits per heavy atom. The number of carbonyl (C=O) groups is 1. The number of hydrogen-bond donors (Lipinski definition) is 0. The average molecular weight is 180 g/mol. The average Bonchev–Trinajstić information content (AvgIpc) is 2.58. The van der Waals surface area contributed by atoms with Gasteiger partial charge in [0.05, 0.1) is 5.69 Å². The van der Waals surface area contributed by atoms with Crippen LogP contribution in [0.3, 0.4) is 0 Å². The second-order valence-electron chi connectivity index (χ2n) is 2.53. The van der Waals surface area contributed by atoms with Crippen molar-refractivity contribution in [1.29, 1.82) is 0 Å². The smallest absolute Gasteiger partial charge is 0.193 e. The molecule has 0 radical (unpaired) electrons. The topological polar surface area (TPSA) is 34.4 Å². The highest BCUT2D eigenvalue weighted by molar-refractivity contribution is 7.15. The van der Waals surface area contributed by atoms with Crippen molar-refractivity contribution in [3.8, 4) is 0 Å². The van der Waals surface area contributed by atoms with Crippen LogP contribution < -0.4 is 0 Å². The van der Waals surface area contributed by atoms with Gasteiger partial charge >= 0.3 is 0 Å². The Hall–Kier alpha value is -1.16. The van der Waals surface area contributed by atoms with Gasteiger partial charge in [-0.1, -0.05) is 0 Å². The third-order valence-corrected chi connectivity index (χ3v) is 2.43. The molecule has 0 aliphatic heterocycles. The lowest BCUT2D eigenvalue weighted by molar-refractivity contribution is -0.107. The zero-order valence-electron chi connectivity index (χ0n) is 6.43. The van der Waals surface area contributed by atoms with Crippen molar-refractivity contribution in [1.82, 2.24) is 9.38 Å². The van der Waals surface area contributed by atoms with Gasteiger partial charge in [-0.15, -0.1) is 11.3 Å². The van der Waals surface area contributed by atoms with Gasteiger partial charge in [0.1, 0.15) is 6.29 Å². The van der Waals surface area contributed by atoms with E-state index in [0.717, 1.165) is 23.4 Å². The summed E-state index contributed by atoms with van der Waals surface area (Å²) >= 11 is 1.61. The minimum absolute atomic E-state index is 0.560. The number of nitrogens with zero attached hydrogens (tertiary/aromatic N) is 2. The molecule has 0 aromatic carbocycles. The van der Waals surface area contributed by atoms with E-state index in [2.05, 4.69) is 4.98 Å². The fourth-order valence-electron chi connectivity index (χ4n) is 1.10. The maximum atomic E-state index is 10.1. The highest BCUT2D eigenvalue weighted by Gasteiger charge is 2.00. The summed E-state index contributed by atoms with van der Waals surface area (Å²) in [6, 6.07) is 0. The summed E-state index contributed by atoms with van der Waals surface area (Å²) in [5.41, 5.74) is 0.994. The fourth-order valence-corrected chi connectivity index (χ4v) is 1.82. The molecule has 62 valence electrons. The van der Waals surface area contributed by atoms with E-state index in [1.807, 2.05) is 22.2 Å². The van der Waals surface area contributed by atoms with Crippen LogP contribution in [0.1, 0.15) is 12.1 Å². The van der Waals surface area contributed by atoms with Crippen molar-refractivity contribution in [2.24, 2.45) is 0 Å². The molecule has 0 fully saturated rings. The van der Waals surface area contributed by atoms with Gasteiger partial charge in [0.25, 0.3) is 0 Å². The molecule has 0 unspecified atom stereocenters. The van der Waals surface area contributed by atoms with Crippen LogP contribution in [-0.4, -0.2) is 15.7 Å². The Morgan fingerprint density at radius 3 is 3.33 bits per heavy atom. The summed E-state index contributed by atoms with van der Waals surface area (Å²) in [7, 11) is 0. The van der Waals surface area contributed by atoms with E-state index in [-0.39, 0.29) is 0 Å². The van der Waals surface area contributed by atoms with E-state index < -0.39 is 0 Å². The lowest BCUT2D eigenvalue weighted by Gasteiger charge is -1.85. The first-order valence-electron chi connectivity index (χ1n) is 3.75. The molecule has 0 amide bonds. The van der Waals surface area contributed by atoms with E-state index in [0.29, 0.717) is 6.42 Å². The zero-order chi connectivity index (χ0) is 8.39. The van der Waals surface area contributed by atoms with Gasteiger partial charge in [0, 0.05) is 24.2 Å². The van der Waals surface area contributed by atoms with Crippen molar-refractivity contribution < 1.29 is 4.79 Å².